The predicted octanol–water partition coefficient (Wildman–Crippen LogP) is 3.52. The molecule has 2 rings (SSSR count). The van der Waals surface area contributed by atoms with Gasteiger partial charge in [0, 0.05) is 12.7 Å². The van der Waals surface area contributed by atoms with Crippen molar-refractivity contribution in [1.29, 1.82) is 0 Å². The van der Waals surface area contributed by atoms with E-state index in [-0.39, 0.29) is 5.91 Å². The number of likely N-dealkylation sites (N-methyl/N-ethyl adjacent to an activating group) is 1. The van der Waals surface area contributed by atoms with Gasteiger partial charge in [-0.2, -0.15) is 0 Å². The van der Waals surface area contributed by atoms with E-state index in [0.29, 0.717) is 12.2 Å². The van der Waals surface area contributed by atoms with Gasteiger partial charge in [0.15, 0.2) is 6.10 Å². The van der Waals surface area contributed by atoms with E-state index in [4.69, 9.17) is 9.47 Å². The standard InChI is InChI=1S/C18H21NO3/c1-4-17(22-16-12-10-15(21-3)11-13-16)18(20)19(2)14-8-6-5-7-9-14/h5-13,17H,4H2,1-3H3/t17-/m1/s1. The highest BCUT2D eigenvalue weighted by molar-refractivity contribution is 5.96. The molecule has 0 heterocycles. The zero-order valence-electron chi connectivity index (χ0n) is 13.2. The van der Waals surface area contributed by atoms with Crippen molar-refractivity contribution in [3.8, 4) is 11.5 Å². The molecule has 1 amide bonds. The summed E-state index contributed by atoms with van der Waals surface area (Å²) in [4.78, 5) is 14.2. The third-order valence-corrected chi connectivity index (χ3v) is 3.46. The second-order valence-electron chi connectivity index (χ2n) is 4.92. The second-order valence-corrected chi connectivity index (χ2v) is 4.92. The molecule has 2 aromatic carbocycles. The first-order valence-electron chi connectivity index (χ1n) is 7.29. The normalized spacial score (nSPS) is 11.6. The average molecular weight is 299 g/mol. The molecule has 0 N–H and O–H groups in total. The van der Waals surface area contributed by atoms with Gasteiger partial charge in [-0.15, -0.1) is 0 Å². The Bertz CT molecular complexity index is 595. The summed E-state index contributed by atoms with van der Waals surface area (Å²) in [5.41, 5.74) is 0.851. The van der Waals surface area contributed by atoms with Crippen molar-refractivity contribution in [3.63, 3.8) is 0 Å². The maximum atomic E-state index is 12.6. The SMILES string of the molecule is CC[C@@H](Oc1ccc(OC)cc1)C(=O)N(C)c1ccccc1. The molecule has 0 aliphatic carbocycles. The molecule has 0 saturated heterocycles. The zero-order valence-corrected chi connectivity index (χ0v) is 13.2. The lowest BCUT2D eigenvalue weighted by Gasteiger charge is -2.24. The molecule has 4 heteroatoms. The van der Waals surface area contributed by atoms with E-state index in [0.717, 1.165) is 11.4 Å². The molecule has 0 saturated carbocycles. The van der Waals surface area contributed by atoms with E-state index < -0.39 is 6.10 Å². The summed E-state index contributed by atoms with van der Waals surface area (Å²) in [6.07, 6.45) is 0.0841. The third-order valence-electron chi connectivity index (χ3n) is 3.46. The summed E-state index contributed by atoms with van der Waals surface area (Å²) in [7, 11) is 3.38. The number of methoxy groups -OCH3 is 1. The number of rotatable bonds is 6. The van der Waals surface area contributed by atoms with Crippen LogP contribution in [0.25, 0.3) is 0 Å². The van der Waals surface area contributed by atoms with Gasteiger partial charge in [0.25, 0.3) is 5.91 Å². The molecule has 0 aliphatic rings. The van der Waals surface area contributed by atoms with Crippen molar-refractivity contribution in [2.45, 2.75) is 19.4 Å². The number of carbonyl (C=O) groups is 1. The van der Waals surface area contributed by atoms with Crippen LogP contribution < -0.4 is 14.4 Å². The van der Waals surface area contributed by atoms with Crippen LogP contribution >= 0.6 is 0 Å². The highest BCUT2D eigenvalue weighted by Crippen LogP contribution is 2.20. The van der Waals surface area contributed by atoms with Crippen LogP contribution in [0.2, 0.25) is 0 Å². The minimum atomic E-state index is -0.515. The van der Waals surface area contributed by atoms with Crippen molar-refractivity contribution in [2.75, 3.05) is 19.1 Å². The molecule has 0 spiro atoms. The molecule has 2 aromatic rings. The summed E-state index contributed by atoms with van der Waals surface area (Å²) in [5, 5.41) is 0. The number of anilines is 1. The summed E-state index contributed by atoms with van der Waals surface area (Å²) >= 11 is 0. The molecule has 22 heavy (non-hydrogen) atoms. The molecule has 0 unspecified atom stereocenters. The van der Waals surface area contributed by atoms with Crippen molar-refractivity contribution < 1.29 is 14.3 Å². The Kier molecular flexibility index (Phi) is 5.42. The molecule has 0 bridgehead atoms. The van der Waals surface area contributed by atoms with Crippen molar-refractivity contribution >= 4 is 11.6 Å². The quantitative estimate of drug-likeness (QED) is 0.819. The number of nitrogens with zero attached hydrogens (tertiary/aromatic N) is 1. The van der Waals surface area contributed by atoms with Crippen LogP contribution in [-0.2, 0) is 4.79 Å². The lowest BCUT2D eigenvalue weighted by Crippen LogP contribution is -2.39. The van der Waals surface area contributed by atoms with Gasteiger partial charge in [-0.3, -0.25) is 4.79 Å². The number of hydrogen-bond donors (Lipinski definition) is 0. The first-order chi connectivity index (χ1) is 10.7. The highest BCUT2D eigenvalue weighted by atomic mass is 16.5. The summed E-state index contributed by atoms with van der Waals surface area (Å²) in [6.45, 7) is 1.94. The Morgan fingerprint density at radius 2 is 1.64 bits per heavy atom. The van der Waals surface area contributed by atoms with E-state index >= 15 is 0 Å². The summed E-state index contributed by atoms with van der Waals surface area (Å²) in [5.74, 6) is 1.35. The largest absolute Gasteiger partial charge is 0.497 e. The van der Waals surface area contributed by atoms with E-state index in [2.05, 4.69) is 0 Å². The molecule has 0 aromatic heterocycles. The predicted molar refractivity (Wildman–Crippen MR) is 87.6 cm³/mol. The summed E-state index contributed by atoms with van der Waals surface area (Å²) in [6, 6.07) is 16.8. The molecule has 4 nitrogen and oxygen atoms in total. The van der Waals surface area contributed by atoms with Crippen LogP contribution in [0.1, 0.15) is 13.3 Å². The Labute approximate surface area is 131 Å². The summed E-state index contributed by atoms with van der Waals surface area (Å²) < 4.78 is 10.9. The second kappa shape index (κ2) is 7.50. The Hall–Kier alpha value is -2.49. The van der Waals surface area contributed by atoms with Crippen molar-refractivity contribution in [1.82, 2.24) is 0 Å². The minimum Gasteiger partial charge on any atom is -0.497 e. The van der Waals surface area contributed by atoms with Gasteiger partial charge >= 0.3 is 0 Å². The van der Waals surface area contributed by atoms with E-state index in [1.807, 2.05) is 49.4 Å². The first kappa shape index (κ1) is 15.9. The fourth-order valence-electron chi connectivity index (χ4n) is 2.12. The van der Waals surface area contributed by atoms with Crippen LogP contribution in [0.3, 0.4) is 0 Å². The molecular formula is C18H21NO3. The lowest BCUT2D eigenvalue weighted by molar-refractivity contribution is -0.125. The molecule has 0 radical (unpaired) electrons. The molecule has 0 aliphatic heterocycles. The number of benzene rings is 2. The molecular weight excluding hydrogens is 278 g/mol. The smallest absolute Gasteiger partial charge is 0.267 e. The van der Waals surface area contributed by atoms with Crippen LogP contribution in [0.5, 0.6) is 11.5 Å². The van der Waals surface area contributed by atoms with Gasteiger partial charge in [0.2, 0.25) is 0 Å². The van der Waals surface area contributed by atoms with Crippen molar-refractivity contribution in [2.24, 2.45) is 0 Å². The van der Waals surface area contributed by atoms with Crippen LogP contribution in [-0.4, -0.2) is 26.2 Å². The lowest BCUT2D eigenvalue weighted by atomic mass is 10.2. The van der Waals surface area contributed by atoms with Gasteiger partial charge in [0.05, 0.1) is 7.11 Å². The Balaban J connectivity index is 2.08. The number of hydrogen-bond acceptors (Lipinski definition) is 3. The number of carbonyl (C=O) groups excluding carboxylic acids is 1. The minimum absolute atomic E-state index is 0.0653. The van der Waals surface area contributed by atoms with E-state index in [1.54, 1.807) is 31.2 Å². The number of ether oxygens (including phenoxy) is 2. The third kappa shape index (κ3) is 3.79. The van der Waals surface area contributed by atoms with Gasteiger partial charge in [-0.25, -0.2) is 0 Å². The van der Waals surface area contributed by atoms with Gasteiger partial charge in [0.1, 0.15) is 11.5 Å². The fraction of sp³-hybridized carbons (Fsp3) is 0.278. The van der Waals surface area contributed by atoms with Gasteiger partial charge < -0.3 is 14.4 Å². The van der Waals surface area contributed by atoms with Crippen LogP contribution in [0.4, 0.5) is 5.69 Å². The fourth-order valence-corrected chi connectivity index (χ4v) is 2.12. The van der Waals surface area contributed by atoms with E-state index in [9.17, 15) is 4.79 Å². The Morgan fingerprint density at radius 1 is 1.05 bits per heavy atom. The van der Waals surface area contributed by atoms with E-state index in [1.165, 1.54) is 0 Å². The van der Waals surface area contributed by atoms with Gasteiger partial charge in [-0.05, 0) is 42.8 Å². The molecule has 0 fully saturated rings. The Morgan fingerprint density at radius 3 is 2.18 bits per heavy atom. The average Bonchev–Trinajstić information content (AvgIpc) is 2.59. The highest BCUT2D eigenvalue weighted by Gasteiger charge is 2.23. The molecule has 116 valence electrons. The maximum absolute atomic E-state index is 12.6. The first-order valence-corrected chi connectivity index (χ1v) is 7.29. The number of para-hydroxylation sites is 1. The zero-order chi connectivity index (χ0) is 15.9. The van der Waals surface area contributed by atoms with Crippen LogP contribution in [0.15, 0.2) is 54.6 Å². The monoisotopic (exact) mass is 299 g/mol. The number of amides is 1. The maximum Gasteiger partial charge on any atom is 0.267 e. The topological polar surface area (TPSA) is 38.8 Å². The van der Waals surface area contributed by atoms with Crippen LogP contribution in [0, 0.1) is 0 Å². The van der Waals surface area contributed by atoms with Crippen molar-refractivity contribution in [3.05, 3.63) is 54.6 Å². The van der Waals surface area contributed by atoms with Gasteiger partial charge in [-0.1, -0.05) is 25.1 Å². The molecule has 1 atom stereocenters.